The molecule has 0 bridgehead atoms. The third-order valence-electron chi connectivity index (χ3n) is 3.88. The minimum atomic E-state index is -0.476. The van der Waals surface area contributed by atoms with Gasteiger partial charge in [0.2, 0.25) is 5.95 Å². The largest absolute Gasteiger partial charge is 0.368 e. The van der Waals surface area contributed by atoms with Gasteiger partial charge in [-0.15, -0.1) is 0 Å². The molecule has 2 aromatic rings. The lowest BCUT2D eigenvalue weighted by molar-refractivity contribution is 0.431. The van der Waals surface area contributed by atoms with Crippen molar-refractivity contribution in [2.24, 2.45) is 5.92 Å². The van der Waals surface area contributed by atoms with E-state index in [0.717, 1.165) is 16.7 Å². The summed E-state index contributed by atoms with van der Waals surface area (Å²) in [6.07, 6.45) is 3.40. The monoisotopic (exact) mass is 266 g/mol. The lowest BCUT2D eigenvalue weighted by Crippen LogP contribution is -2.26. The van der Waals surface area contributed by atoms with Crippen molar-refractivity contribution in [3.05, 3.63) is 42.2 Å². The fourth-order valence-corrected chi connectivity index (χ4v) is 2.02. The van der Waals surface area contributed by atoms with Crippen molar-refractivity contribution < 1.29 is 0 Å². The Morgan fingerprint density at radius 3 is 2.10 bits per heavy atom. The molecule has 0 saturated carbocycles. The minimum absolute atomic E-state index is 0.248. The van der Waals surface area contributed by atoms with Gasteiger partial charge in [0.15, 0.2) is 0 Å². The van der Waals surface area contributed by atoms with E-state index < -0.39 is 5.41 Å². The van der Waals surface area contributed by atoms with Gasteiger partial charge in [0.1, 0.15) is 0 Å². The first-order valence-corrected chi connectivity index (χ1v) is 6.57. The molecule has 1 heterocycles. The smallest absolute Gasteiger partial charge is 0.219 e. The lowest BCUT2D eigenvalue weighted by Gasteiger charge is -2.26. The lowest BCUT2D eigenvalue weighted by atomic mass is 9.74. The first kappa shape index (κ1) is 14.0. The highest BCUT2D eigenvalue weighted by atomic mass is 15.0. The summed E-state index contributed by atoms with van der Waals surface area (Å²) in [6, 6.07) is 10.4. The zero-order chi connectivity index (χ0) is 14.8. The molecule has 0 fully saturated rings. The van der Waals surface area contributed by atoms with E-state index in [4.69, 9.17) is 5.73 Å². The van der Waals surface area contributed by atoms with Gasteiger partial charge in [-0.1, -0.05) is 38.1 Å². The molecule has 0 aliphatic heterocycles. The average molecular weight is 266 g/mol. The van der Waals surface area contributed by atoms with Crippen molar-refractivity contribution in [1.82, 2.24) is 9.97 Å². The molecule has 4 heteroatoms. The number of benzene rings is 1. The highest BCUT2D eigenvalue weighted by molar-refractivity contribution is 5.62. The van der Waals surface area contributed by atoms with E-state index in [1.54, 1.807) is 12.4 Å². The summed E-state index contributed by atoms with van der Waals surface area (Å²) in [7, 11) is 0. The van der Waals surface area contributed by atoms with Gasteiger partial charge in [0.25, 0.3) is 0 Å². The quantitative estimate of drug-likeness (QED) is 0.925. The van der Waals surface area contributed by atoms with Gasteiger partial charge in [-0.3, -0.25) is 0 Å². The normalized spacial score (nSPS) is 13.8. The van der Waals surface area contributed by atoms with E-state index in [1.165, 1.54) is 0 Å². The summed E-state index contributed by atoms with van der Waals surface area (Å²) in [5, 5.41) is 9.44. The Bertz CT molecular complexity index is 623. The molecular formula is C16H18N4. The molecule has 4 nitrogen and oxygen atoms in total. The van der Waals surface area contributed by atoms with Crippen LogP contribution in [0.3, 0.4) is 0 Å². The second kappa shape index (κ2) is 5.30. The maximum atomic E-state index is 9.44. The summed E-state index contributed by atoms with van der Waals surface area (Å²) < 4.78 is 0. The standard InChI is InChI=1S/C16H18N4/c1-11(2)16(3,10-17)14-6-4-12(5-7-14)13-8-19-15(18)20-9-13/h4-9,11H,1-3H3,(H2,18,19,20)/t16-/m1/s1. The second-order valence-corrected chi connectivity index (χ2v) is 5.38. The summed E-state index contributed by atoms with van der Waals surface area (Å²) in [5.41, 5.74) is 7.95. The number of rotatable bonds is 3. The predicted octanol–water partition coefficient (Wildman–Crippen LogP) is 3.16. The molecule has 0 saturated heterocycles. The molecule has 2 rings (SSSR count). The molecule has 1 aromatic heterocycles. The van der Waals surface area contributed by atoms with E-state index in [1.807, 2.05) is 31.2 Å². The number of nitrogens with zero attached hydrogens (tertiary/aromatic N) is 3. The topological polar surface area (TPSA) is 75.6 Å². The maximum Gasteiger partial charge on any atom is 0.219 e. The van der Waals surface area contributed by atoms with Crippen LogP contribution in [0.25, 0.3) is 11.1 Å². The number of nitrogens with two attached hydrogens (primary N) is 1. The summed E-state index contributed by atoms with van der Waals surface area (Å²) >= 11 is 0. The Balaban J connectivity index is 2.36. The molecule has 20 heavy (non-hydrogen) atoms. The van der Waals surface area contributed by atoms with Crippen molar-refractivity contribution >= 4 is 5.95 Å². The average Bonchev–Trinajstić information content (AvgIpc) is 2.47. The summed E-state index contributed by atoms with van der Waals surface area (Å²) in [6.45, 7) is 6.09. The molecule has 0 amide bonds. The van der Waals surface area contributed by atoms with Crippen LogP contribution in [0.2, 0.25) is 0 Å². The van der Waals surface area contributed by atoms with Crippen LogP contribution in [0.1, 0.15) is 26.3 Å². The Morgan fingerprint density at radius 2 is 1.65 bits per heavy atom. The molecule has 0 aliphatic carbocycles. The van der Waals surface area contributed by atoms with Crippen molar-refractivity contribution in [3.63, 3.8) is 0 Å². The highest BCUT2D eigenvalue weighted by Gasteiger charge is 2.30. The third kappa shape index (κ3) is 2.48. The summed E-state index contributed by atoms with van der Waals surface area (Å²) in [5.74, 6) is 0.514. The Hall–Kier alpha value is -2.41. The van der Waals surface area contributed by atoms with Crippen molar-refractivity contribution in [2.75, 3.05) is 5.73 Å². The van der Waals surface area contributed by atoms with Crippen LogP contribution >= 0.6 is 0 Å². The second-order valence-electron chi connectivity index (χ2n) is 5.38. The molecule has 2 N–H and O–H groups in total. The Morgan fingerprint density at radius 1 is 1.10 bits per heavy atom. The molecular weight excluding hydrogens is 248 g/mol. The minimum Gasteiger partial charge on any atom is -0.368 e. The van der Waals surface area contributed by atoms with E-state index in [9.17, 15) is 5.26 Å². The van der Waals surface area contributed by atoms with Gasteiger partial charge in [-0.25, -0.2) is 9.97 Å². The predicted molar refractivity (Wildman–Crippen MR) is 79.7 cm³/mol. The number of anilines is 1. The van der Waals surface area contributed by atoms with Crippen LogP contribution in [-0.4, -0.2) is 9.97 Å². The number of aromatic nitrogens is 2. The molecule has 1 atom stereocenters. The Kier molecular flexibility index (Phi) is 3.71. The van der Waals surface area contributed by atoms with Crippen LogP contribution in [0.4, 0.5) is 5.95 Å². The molecule has 0 unspecified atom stereocenters. The van der Waals surface area contributed by atoms with Crippen molar-refractivity contribution in [3.8, 4) is 17.2 Å². The zero-order valence-electron chi connectivity index (χ0n) is 12.0. The Labute approximate surface area is 119 Å². The van der Waals surface area contributed by atoms with Gasteiger partial charge in [0, 0.05) is 18.0 Å². The molecule has 0 aliphatic rings. The van der Waals surface area contributed by atoms with E-state index in [2.05, 4.69) is 29.9 Å². The van der Waals surface area contributed by atoms with Gasteiger partial charge in [-0.05, 0) is 24.0 Å². The van der Waals surface area contributed by atoms with Gasteiger partial charge in [-0.2, -0.15) is 5.26 Å². The number of hydrogen-bond acceptors (Lipinski definition) is 4. The SMILES string of the molecule is CC(C)[C@@](C)(C#N)c1ccc(-c2cnc(N)nc2)cc1. The zero-order valence-corrected chi connectivity index (χ0v) is 12.0. The van der Waals surface area contributed by atoms with Crippen LogP contribution in [-0.2, 0) is 5.41 Å². The van der Waals surface area contributed by atoms with Crippen molar-refractivity contribution in [1.29, 1.82) is 5.26 Å². The van der Waals surface area contributed by atoms with Crippen LogP contribution in [0, 0.1) is 17.2 Å². The fourth-order valence-electron chi connectivity index (χ4n) is 2.02. The van der Waals surface area contributed by atoms with E-state index in [-0.39, 0.29) is 11.9 Å². The number of nitriles is 1. The van der Waals surface area contributed by atoms with Crippen LogP contribution < -0.4 is 5.73 Å². The molecule has 0 radical (unpaired) electrons. The molecule has 1 aromatic carbocycles. The van der Waals surface area contributed by atoms with Gasteiger partial charge < -0.3 is 5.73 Å². The fraction of sp³-hybridized carbons (Fsp3) is 0.312. The maximum absolute atomic E-state index is 9.44. The highest BCUT2D eigenvalue weighted by Crippen LogP contribution is 2.32. The van der Waals surface area contributed by atoms with Crippen molar-refractivity contribution in [2.45, 2.75) is 26.2 Å². The number of hydrogen-bond donors (Lipinski definition) is 1. The van der Waals surface area contributed by atoms with Gasteiger partial charge in [0.05, 0.1) is 11.5 Å². The first-order chi connectivity index (χ1) is 9.47. The van der Waals surface area contributed by atoms with Crippen LogP contribution in [0.5, 0.6) is 0 Å². The van der Waals surface area contributed by atoms with E-state index >= 15 is 0 Å². The summed E-state index contributed by atoms with van der Waals surface area (Å²) in [4.78, 5) is 7.97. The first-order valence-electron chi connectivity index (χ1n) is 6.57. The third-order valence-corrected chi connectivity index (χ3v) is 3.88. The van der Waals surface area contributed by atoms with Crippen LogP contribution in [0.15, 0.2) is 36.7 Å². The molecule has 0 spiro atoms. The molecule has 102 valence electrons. The van der Waals surface area contributed by atoms with E-state index in [0.29, 0.717) is 0 Å². The number of nitrogen functional groups attached to an aromatic ring is 1. The van der Waals surface area contributed by atoms with Gasteiger partial charge >= 0.3 is 0 Å².